The van der Waals surface area contributed by atoms with E-state index in [4.69, 9.17) is 16.6 Å². The zero-order valence-corrected chi connectivity index (χ0v) is 14.3. The molecule has 0 atom stereocenters. The van der Waals surface area contributed by atoms with Crippen molar-refractivity contribution in [2.75, 3.05) is 19.0 Å². The smallest absolute Gasteiger partial charge is 0.250 e. The lowest BCUT2D eigenvalue weighted by Crippen LogP contribution is -2.45. The number of hydrogen-bond acceptors (Lipinski definition) is 4. The number of hydrogen-bond donors (Lipinski definition) is 0. The molecule has 5 heteroatoms. The predicted molar refractivity (Wildman–Crippen MR) is 91.6 cm³/mol. The number of nitrogens with zero attached hydrogens (tertiary/aromatic N) is 2. The van der Waals surface area contributed by atoms with Crippen LogP contribution in [-0.4, -0.2) is 41.3 Å². The molecule has 122 valence electrons. The summed E-state index contributed by atoms with van der Waals surface area (Å²) in [7, 11) is 0. The third-order valence-electron chi connectivity index (χ3n) is 4.41. The zero-order valence-electron chi connectivity index (χ0n) is 13.6. The van der Waals surface area contributed by atoms with Crippen molar-refractivity contribution in [2.45, 2.75) is 33.1 Å². The summed E-state index contributed by atoms with van der Waals surface area (Å²) in [6.45, 7) is 5.20. The van der Waals surface area contributed by atoms with Crippen molar-refractivity contribution >= 4 is 29.0 Å². The fourth-order valence-electron chi connectivity index (χ4n) is 3.41. The Kier molecular flexibility index (Phi) is 4.53. The van der Waals surface area contributed by atoms with E-state index in [0.717, 1.165) is 36.2 Å². The molecular formula is C18H21ClN2O2. The number of ketones is 2. The van der Waals surface area contributed by atoms with Crippen molar-refractivity contribution in [1.82, 2.24) is 4.90 Å². The Bertz CT molecular complexity index is 683. The van der Waals surface area contributed by atoms with Crippen molar-refractivity contribution in [1.29, 1.82) is 0 Å². The second kappa shape index (κ2) is 6.44. The standard InChI is InChI=1S/C18H21ClN2O2/c1-11(2)18-20-10-14-12-6-3-4-7-13(12)16(22)17(23)15(14)21(18)9-5-8-19/h6-7,11H,3-5,8-10H2,1-2H3. The number of alkyl halides is 1. The largest absolute Gasteiger partial charge is 0.326 e. The second-order valence-corrected chi connectivity index (χ2v) is 6.70. The van der Waals surface area contributed by atoms with E-state index >= 15 is 0 Å². The molecule has 0 amide bonds. The molecule has 0 saturated heterocycles. The first-order valence-electron chi connectivity index (χ1n) is 8.17. The highest BCUT2D eigenvalue weighted by atomic mass is 35.5. The van der Waals surface area contributed by atoms with Crippen LogP contribution >= 0.6 is 11.6 Å². The van der Waals surface area contributed by atoms with Gasteiger partial charge in [0.25, 0.3) is 0 Å². The first-order valence-corrected chi connectivity index (χ1v) is 8.70. The van der Waals surface area contributed by atoms with Crippen LogP contribution in [0.5, 0.6) is 0 Å². The van der Waals surface area contributed by atoms with E-state index in [9.17, 15) is 9.59 Å². The van der Waals surface area contributed by atoms with Gasteiger partial charge in [-0.05, 0) is 24.8 Å². The third-order valence-corrected chi connectivity index (χ3v) is 4.68. The highest BCUT2D eigenvalue weighted by Crippen LogP contribution is 2.37. The third kappa shape index (κ3) is 2.69. The summed E-state index contributed by atoms with van der Waals surface area (Å²) in [5.41, 5.74) is 2.92. The first-order chi connectivity index (χ1) is 11.1. The van der Waals surface area contributed by atoms with Gasteiger partial charge in [0.1, 0.15) is 11.5 Å². The number of allylic oxidation sites excluding steroid dienone is 4. The highest BCUT2D eigenvalue weighted by molar-refractivity contribution is 6.52. The van der Waals surface area contributed by atoms with Crippen molar-refractivity contribution in [2.24, 2.45) is 10.9 Å². The van der Waals surface area contributed by atoms with Crippen LogP contribution < -0.4 is 0 Å². The number of halogens is 1. The quantitative estimate of drug-likeness (QED) is 0.587. The number of rotatable bonds is 4. The van der Waals surface area contributed by atoms with E-state index in [1.165, 1.54) is 0 Å². The predicted octanol–water partition coefficient (Wildman–Crippen LogP) is 3.04. The molecule has 0 fully saturated rings. The summed E-state index contributed by atoms with van der Waals surface area (Å²) >= 11 is 5.84. The van der Waals surface area contributed by atoms with Crippen LogP contribution in [0.1, 0.15) is 33.1 Å². The van der Waals surface area contributed by atoms with Crippen LogP contribution in [0.3, 0.4) is 0 Å². The molecule has 0 N–H and O–H groups in total. The summed E-state index contributed by atoms with van der Waals surface area (Å²) in [4.78, 5) is 31.9. The molecule has 1 aliphatic heterocycles. The minimum Gasteiger partial charge on any atom is -0.326 e. The van der Waals surface area contributed by atoms with E-state index in [0.29, 0.717) is 30.2 Å². The molecule has 0 spiro atoms. The number of aliphatic imine (C=N–C) groups is 1. The number of carbonyl (C=O) groups is 2. The monoisotopic (exact) mass is 332 g/mol. The Morgan fingerprint density at radius 2 is 1.87 bits per heavy atom. The second-order valence-electron chi connectivity index (χ2n) is 6.32. The molecule has 3 aliphatic rings. The fraction of sp³-hybridized carbons (Fsp3) is 0.500. The van der Waals surface area contributed by atoms with Gasteiger partial charge in [-0.1, -0.05) is 26.0 Å². The molecule has 0 radical (unpaired) electrons. The molecule has 23 heavy (non-hydrogen) atoms. The van der Waals surface area contributed by atoms with E-state index in [-0.39, 0.29) is 11.7 Å². The van der Waals surface area contributed by atoms with Gasteiger partial charge in [-0.3, -0.25) is 14.6 Å². The maximum absolute atomic E-state index is 12.8. The molecule has 0 saturated carbocycles. The minimum atomic E-state index is -0.395. The van der Waals surface area contributed by atoms with Crippen molar-refractivity contribution in [3.8, 4) is 0 Å². The molecule has 4 nitrogen and oxygen atoms in total. The Balaban J connectivity index is 2.10. The SMILES string of the molecule is CC(C)C1=NCC2=C(C(=O)C(=O)C3=CCCC=C32)N1CCCCl. The van der Waals surface area contributed by atoms with Crippen molar-refractivity contribution in [3.05, 3.63) is 34.6 Å². The number of Topliss-reactive ketones (excluding diaryl/α,β-unsaturated/α-hetero) is 2. The summed E-state index contributed by atoms with van der Waals surface area (Å²) in [5, 5.41) is 0. The van der Waals surface area contributed by atoms with Gasteiger partial charge in [0.15, 0.2) is 0 Å². The van der Waals surface area contributed by atoms with Crippen LogP contribution in [0.4, 0.5) is 0 Å². The first kappa shape index (κ1) is 16.2. The molecule has 0 aromatic rings. The lowest BCUT2D eigenvalue weighted by Gasteiger charge is -2.38. The van der Waals surface area contributed by atoms with Crippen LogP contribution in [-0.2, 0) is 9.59 Å². The zero-order chi connectivity index (χ0) is 16.6. The highest BCUT2D eigenvalue weighted by Gasteiger charge is 2.41. The van der Waals surface area contributed by atoms with Gasteiger partial charge in [0.2, 0.25) is 11.6 Å². The van der Waals surface area contributed by atoms with Gasteiger partial charge < -0.3 is 4.90 Å². The fourth-order valence-corrected chi connectivity index (χ4v) is 3.53. The lowest BCUT2D eigenvalue weighted by atomic mass is 9.80. The van der Waals surface area contributed by atoms with E-state index in [2.05, 4.69) is 19.9 Å². The Morgan fingerprint density at radius 3 is 2.52 bits per heavy atom. The van der Waals surface area contributed by atoms with Gasteiger partial charge >= 0.3 is 0 Å². The average molecular weight is 333 g/mol. The molecule has 0 aromatic heterocycles. The van der Waals surface area contributed by atoms with Crippen molar-refractivity contribution in [3.63, 3.8) is 0 Å². The van der Waals surface area contributed by atoms with Crippen molar-refractivity contribution < 1.29 is 9.59 Å². The maximum atomic E-state index is 12.8. The van der Waals surface area contributed by atoms with Gasteiger partial charge in [-0.2, -0.15) is 0 Å². The van der Waals surface area contributed by atoms with Gasteiger partial charge in [0.05, 0.1) is 6.54 Å². The number of amidine groups is 1. The Morgan fingerprint density at radius 1 is 1.17 bits per heavy atom. The molecule has 1 heterocycles. The molecule has 2 aliphatic carbocycles. The maximum Gasteiger partial charge on any atom is 0.250 e. The van der Waals surface area contributed by atoms with Crippen LogP contribution in [0, 0.1) is 5.92 Å². The van der Waals surface area contributed by atoms with Gasteiger partial charge in [-0.25, -0.2) is 0 Å². The summed E-state index contributed by atoms with van der Waals surface area (Å²) in [6, 6.07) is 0. The van der Waals surface area contributed by atoms with Gasteiger partial charge in [-0.15, -0.1) is 11.6 Å². The minimum absolute atomic E-state index is 0.194. The number of carbonyl (C=O) groups excluding carboxylic acids is 2. The topological polar surface area (TPSA) is 49.7 Å². The molecule has 0 aromatic carbocycles. The number of fused-ring (bicyclic) bond motifs is 2. The summed E-state index contributed by atoms with van der Waals surface area (Å²) in [5.74, 6) is 0.808. The molecule has 0 unspecified atom stereocenters. The average Bonchev–Trinajstić information content (AvgIpc) is 2.56. The van der Waals surface area contributed by atoms with Crippen LogP contribution in [0.2, 0.25) is 0 Å². The van der Waals surface area contributed by atoms with Gasteiger partial charge in [0, 0.05) is 29.5 Å². The molecule has 0 bridgehead atoms. The summed E-state index contributed by atoms with van der Waals surface area (Å²) in [6.07, 6.45) is 6.43. The van der Waals surface area contributed by atoms with Crippen LogP contribution in [0.25, 0.3) is 0 Å². The van der Waals surface area contributed by atoms with Crippen LogP contribution in [0.15, 0.2) is 39.6 Å². The molecular weight excluding hydrogens is 312 g/mol. The normalized spacial score (nSPS) is 21.0. The molecule has 3 rings (SSSR count). The van der Waals surface area contributed by atoms with E-state index < -0.39 is 5.78 Å². The lowest BCUT2D eigenvalue weighted by molar-refractivity contribution is -0.133. The Hall–Kier alpha value is -1.68. The summed E-state index contributed by atoms with van der Waals surface area (Å²) < 4.78 is 0. The van der Waals surface area contributed by atoms with E-state index in [1.807, 2.05) is 11.0 Å². The van der Waals surface area contributed by atoms with E-state index in [1.54, 1.807) is 0 Å². The Labute approximate surface area is 141 Å².